The van der Waals surface area contributed by atoms with E-state index >= 15 is 0 Å². The SMILES string of the molecule is Fc1c(-c2cc(C(F)(F)F)ncn2)cc(C(F)(F)F)c(F)c1F. The molecule has 0 saturated carbocycles. The third kappa shape index (κ3) is 3.22. The van der Waals surface area contributed by atoms with E-state index in [1.54, 1.807) is 0 Å². The van der Waals surface area contributed by atoms with Crippen LogP contribution in [0, 0.1) is 17.5 Å². The predicted molar refractivity (Wildman–Crippen MR) is 57.3 cm³/mol. The van der Waals surface area contributed by atoms with Crippen LogP contribution in [0.2, 0.25) is 0 Å². The summed E-state index contributed by atoms with van der Waals surface area (Å²) < 4.78 is 115. The Balaban J connectivity index is 2.72. The Morgan fingerprint density at radius 1 is 0.696 bits per heavy atom. The maximum Gasteiger partial charge on any atom is 0.433 e. The molecule has 0 aliphatic rings. The Kier molecular flexibility index (Phi) is 3.99. The van der Waals surface area contributed by atoms with Crippen LogP contribution in [0.25, 0.3) is 11.3 Å². The number of aromatic nitrogens is 2. The van der Waals surface area contributed by atoms with Crippen molar-refractivity contribution in [3.63, 3.8) is 0 Å². The molecular weight excluding hydrogens is 343 g/mol. The third-order valence-electron chi connectivity index (χ3n) is 2.69. The van der Waals surface area contributed by atoms with Crippen molar-refractivity contribution in [1.29, 1.82) is 0 Å². The van der Waals surface area contributed by atoms with Crippen LogP contribution >= 0.6 is 0 Å². The largest absolute Gasteiger partial charge is 0.433 e. The Bertz CT molecular complexity index is 749. The first-order valence-electron chi connectivity index (χ1n) is 5.57. The van der Waals surface area contributed by atoms with Gasteiger partial charge in [-0.05, 0) is 12.1 Å². The molecule has 0 fully saturated rings. The molecule has 1 heterocycles. The summed E-state index contributed by atoms with van der Waals surface area (Å²) in [5.41, 5.74) is -6.00. The van der Waals surface area contributed by atoms with Gasteiger partial charge in [-0.25, -0.2) is 23.1 Å². The minimum atomic E-state index is -5.38. The van der Waals surface area contributed by atoms with Gasteiger partial charge in [-0.15, -0.1) is 0 Å². The molecule has 1 aromatic carbocycles. The van der Waals surface area contributed by atoms with Crippen LogP contribution in [-0.4, -0.2) is 9.97 Å². The van der Waals surface area contributed by atoms with Gasteiger partial charge in [0.1, 0.15) is 12.0 Å². The van der Waals surface area contributed by atoms with Crippen LogP contribution in [0.1, 0.15) is 11.3 Å². The zero-order valence-corrected chi connectivity index (χ0v) is 10.5. The highest BCUT2D eigenvalue weighted by Crippen LogP contribution is 2.37. The molecule has 0 atom stereocenters. The Labute approximate surface area is 121 Å². The highest BCUT2D eigenvalue weighted by atomic mass is 19.4. The molecule has 2 nitrogen and oxygen atoms in total. The highest BCUT2D eigenvalue weighted by molar-refractivity contribution is 5.62. The lowest BCUT2D eigenvalue weighted by Gasteiger charge is -2.13. The van der Waals surface area contributed by atoms with E-state index in [1.807, 2.05) is 0 Å². The zero-order chi connectivity index (χ0) is 17.6. The summed E-state index contributed by atoms with van der Waals surface area (Å²) in [6.07, 6.45) is -10.1. The predicted octanol–water partition coefficient (Wildman–Crippen LogP) is 4.60. The summed E-state index contributed by atoms with van der Waals surface area (Å²) in [5.74, 6) is -7.06. The number of rotatable bonds is 1. The van der Waals surface area contributed by atoms with Crippen LogP contribution in [0.5, 0.6) is 0 Å². The summed E-state index contributed by atoms with van der Waals surface area (Å²) in [4.78, 5) is 6.00. The van der Waals surface area contributed by atoms with Gasteiger partial charge in [-0.2, -0.15) is 26.3 Å². The molecule has 0 N–H and O–H groups in total. The normalized spacial score (nSPS) is 12.6. The van der Waals surface area contributed by atoms with Gasteiger partial charge >= 0.3 is 12.4 Å². The number of nitrogens with zero attached hydrogens (tertiary/aromatic N) is 2. The van der Waals surface area contributed by atoms with Gasteiger partial charge in [0, 0.05) is 5.56 Å². The molecule has 1 aromatic heterocycles. The molecular formula is C12H3F9N2. The van der Waals surface area contributed by atoms with Crippen molar-refractivity contribution in [1.82, 2.24) is 9.97 Å². The number of halogens is 9. The molecule has 124 valence electrons. The van der Waals surface area contributed by atoms with E-state index in [-0.39, 0.29) is 12.1 Å². The van der Waals surface area contributed by atoms with Gasteiger partial charge in [-0.3, -0.25) is 0 Å². The van der Waals surface area contributed by atoms with Crippen LogP contribution in [-0.2, 0) is 12.4 Å². The molecule has 2 aromatic rings. The first kappa shape index (κ1) is 17.0. The summed E-state index contributed by atoms with van der Waals surface area (Å²) >= 11 is 0. The Morgan fingerprint density at radius 2 is 1.30 bits per heavy atom. The molecule has 0 radical (unpaired) electrons. The van der Waals surface area contributed by atoms with Gasteiger partial charge < -0.3 is 0 Å². The second-order valence-electron chi connectivity index (χ2n) is 4.20. The molecule has 0 spiro atoms. The Hall–Kier alpha value is -2.33. The van der Waals surface area contributed by atoms with Crippen LogP contribution in [0.3, 0.4) is 0 Å². The first-order valence-corrected chi connectivity index (χ1v) is 5.57. The maximum absolute atomic E-state index is 13.6. The molecule has 0 amide bonds. The lowest BCUT2D eigenvalue weighted by molar-refractivity contribution is -0.141. The van der Waals surface area contributed by atoms with E-state index in [2.05, 4.69) is 9.97 Å². The van der Waals surface area contributed by atoms with Crippen LogP contribution in [0.4, 0.5) is 39.5 Å². The van der Waals surface area contributed by atoms with E-state index in [1.165, 1.54) is 0 Å². The van der Waals surface area contributed by atoms with Crippen LogP contribution < -0.4 is 0 Å². The topological polar surface area (TPSA) is 25.8 Å². The minimum absolute atomic E-state index is 0.121. The molecule has 0 aliphatic heterocycles. The third-order valence-corrected chi connectivity index (χ3v) is 2.69. The molecule has 11 heteroatoms. The molecule has 0 saturated heterocycles. The molecule has 0 unspecified atom stereocenters. The van der Waals surface area contributed by atoms with E-state index in [9.17, 15) is 39.5 Å². The van der Waals surface area contributed by atoms with Crippen molar-refractivity contribution in [3.05, 3.63) is 47.2 Å². The summed E-state index contributed by atoms with van der Waals surface area (Å²) in [6, 6.07) is -0.0356. The monoisotopic (exact) mass is 346 g/mol. The van der Waals surface area contributed by atoms with Gasteiger partial charge in [0.25, 0.3) is 0 Å². The Morgan fingerprint density at radius 3 is 1.83 bits per heavy atom. The van der Waals surface area contributed by atoms with Crippen LogP contribution in [0.15, 0.2) is 18.5 Å². The second-order valence-corrected chi connectivity index (χ2v) is 4.20. The first-order chi connectivity index (χ1) is 10.4. The molecule has 23 heavy (non-hydrogen) atoms. The van der Waals surface area contributed by atoms with E-state index < -0.39 is 52.3 Å². The number of hydrogen-bond donors (Lipinski definition) is 0. The lowest BCUT2D eigenvalue weighted by atomic mass is 10.0. The average molecular weight is 346 g/mol. The average Bonchev–Trinajstić information content (AvgIpc) is 2.43. The fourth-order valence-corrected chi connectivity index (χ4v) is 1.66. The van der Waals surface area contributed by atoms with Crippen molar-refractivity contribution in [2.75, 3.05) is 0 Å². The standard InChI is InChI=1S/C12H3F9N2/c13-8-4(1-5(11(16,17)18)9(14)10(8)15)6-2-7(12(19,20)21)23-3-22-6/h1-3H. The van der Waals surface area contributed by atoms with E-state index in [0.29, 0.717) is 6.33 Å². The zero-order valence-electron chi connectivity index (χ0n) is 10.5. The van der Waals surface area contributed by atoms with Crippen molar-refractivity contribution in [2.24, 2.45) is 0 Å². The van der Waals surface area contributed by atoms with E-state index in [4.69, 9.17) is 0 Å². The van der Waals surface area contributed by atoms with Gasteiger partial charge in [-0.1, -0.05) is 0 Å². The number of alkyl halides is 6. The molecule has 0 aliphatic carbocycles. The van der Waals surface area contributed by atoms with Crippen molar-refractivity contribution >= 4 is 0 Å². The quantitative estimate of drug-likeness (QED) is 0.557. The van der Waals surface area contributed by atoms with E-state index in [0.717, 1.165) is 0 Å². The number of hydrogen-bond acceptors (Lipinski definition) is 2. The molecule has 0 bridgehead atoms. The van der Waals surface area contributed by atoms with Gasteiger partial charge in [0.15, 0.2) is 17.5 Å². The van der Waals surface area contributed by atoms with Crippen molar-refractivity contribution in [2.45, 2.75) is 12.4 Å². The highest BCUT2D eigenvalue weighted by Gasteiger charge is 2.38. The van der Waals surface area contributed by atoms with Crippen molar-refractivity contribution < 1.29 is 39.5 Å². The maximum atomic E-state index is 13.6. The minimum Gasteiger partial charge on any atom is -0.236 e. The summed E-state index contributed by atoms with van der Waals surface area (Å²) in [6.45, 7) is 0. The fraction of sp³-hybridized carbons (Fsp3) is 0.167. The van der Waals surface area contributed by atoms with Crippen molar-refractivity contribution in [3.8, 4) is 11.3 Å². The second kappa shape index (κ2) is 5.39. The summed E-state index contributed by atoms with van der Waals surface area (Å²) in [5, 5.41) is 0. The summed E-state index contributed by atoms with van der Waals surface area (Å²) in [7, 11) is 0. The smallest absolute Gasteiger partial charge is 0.236 e. The van der Waals surface area contributed by atoms with Gasteiger partial charge in [0.05, 0.1) is 11.3 Å². The van der Waals surface area contributed by atoms with Gasteiger partial charge in [0.2, 0.25) is 0 Å². The fourth-order valence-electron chi connectivity index (χ4n) is 1.66. The molecule has 2 rings (SSSR count). The lowest BCUT2D eigenvalue weighted by Crippen LogP contribution is -2.13. The number of benzene rings is 1.